The second-order valence-electron chi connectivity index (χ2n) is 5.85. The largest absolute Gasteiger partial charge is 0.317 e. The first kappa shape index (κ1) is 18.3. The average molecular weight is 432 g/mol. The summed E-state index contributed by atoms with van der Waals surface area (Å²) >= 11 is 4.62. The molecule has 0 radical (unpaired) electrons. The van der Waals surface area contributed by atoms with Crippen LogP contribution in [0.15, 0.2) is 22.7 Å². The van der Waals surface area contributed by atoms with Crippen molar-refractivity contribution in [2.45, 2.75) is 20.3 Å². The van der Waals surface area contributed by atoms with Gasteiger partial charge >= 0.3 is 0 Å². The van der Waals surface area contributed by atoms with Crippen LogP contribution in [0, 0.1) is 25.2 Å². The molecule has 3 rings (SSSR count). The van der Waals surface area contributed by atoms with Crippen molar-refractivity contribution >= 4 is 50.0 Å². The fraction of sp³-hybridized carbons (Fsp3) is 0.222. The van der Waals surface area contributed by atoms with Gasteiger partial charge in [-0.15, -0.1) is 11.3 Å². The molecule has 3 amide bonds. The number of nitriles is 1. The highest BCUT2D eigenvalue weighted by molar-refractivity contribution is 9.10. The van der Waals surface area contributed by atoms with Crippen LogP contribution >= 0.6 is 27.3 Å². The van der Waals surface area contributed by atoms with Gasteiger partial charge in [0.05, 0.1) is 16.7 Å². The Morgan fingerprint density at radius 2 is 1.96 bits per heavy atom. The fourth-order valence-electron chi connectivity index (χ4n) is 2.72. The molecule has 1 aliphatic rings. The molecule has 0 atom stereocenters. The van der Waals surface area contributed by atoms with E-state index >= 15 is 0 Å². The lowest BCUT2D eigenvalue weighted by molar-refractivity contribution is -0.116. The van der Waals surface area contributed by atoms with Gasteiger partial charge in [-0.1, -0.05) is 15.9 Å². The van der Waals surface area contributed by atoms with Gasteiger partial charge in [-0.25, -0.2) is 0 Å². The topological polar surface area (TPSA) is 90.3 Å². The van der Waals surface area contributed by atoms with Crippen LogP contribution < -0.4 is 5.32 Å². The Kier molecular flexibility index (Phi) is 4.94. The smallest absolute Gasteiger partial charge is 0.261 e. The maximum absolute atomic E-state index is 12.4. The van der Waals surface area contributed by atoms with Crippen molar-refractivity contribution in [3.05, 3.63) is 49.8 Å². The summed E-state index contributed by atoms with van der Waals surface area (Å²) in [5, 5.41) is 12.4. The van der Waals surface area contributed by atoms with Crippen LogP contribution in [0.1, 0.15) is 43.1 Å². The molecule has 1 aliphatic heterocycles. The number of imide groups is 1. The predicted molar refractivity (Wildman–Crippen MR) is 101 cm³/mol. The quantitative estimate of drug-likeness (QED) is 0.748. The molecule has 0 fully saturated rings. The molecule has 0 bridgehead atoms. The van der Waals surface area contributed by atoms with Crippen molar-refractivity contribution in [3.63, 3.8) is 0 Å². The van der Waals surface area contributed by atoms with E-state index in [0.717, 1.165) is 15.3 Å². The summed E-state index contributed by atoms with van der Waals surface area (Å²) in [6, 6.07) is 6.99. The van der Waals surface area contributed by atoms with E-state index in [4.69, 9.17) is 0 Å². The third-order valence-corrected chi connectivity index (χ3v) is 5.86. The van der Waals surface area contributed by atoms with Crippen molar-refractivity contribution in [1.29, 1.82) is 5.26 Å². The van der Waals surface area contributed by atoms with Gasteiger partial charge in [0.15, 0.2) is 0 Å². The molecule has 132 valence electrons. The minimum Gasteiger partial charge on any atom is -0.317 e. The lowest BCUT2D eigenvalue weighted by Gasteiger charge is -2.13. The number of anilines is 1. The molecule has 1 N–H and O–H groups in total. The van der Waals surface area contributed by atoms with Gasteiger partial charge in [0.25, 0.3) is 11.8 Å². The van der Waals surface area contributed by atoms with E-state index in [2.05, 4.69) is 27.3 Å². The third-order valence-electron chi connectivity index (χ3n) is 4.25. The van der Waals surface area contributed by atoms with Gasteiger partial charge in [-0.05, 0) is 37.6 Å². The summed E-state index contributed by atoms with van der Waals surface area (Å²) < 4.78 is 0.712. The van der Waals surface area contributed by atoms with Gasteiger partial charge in [0, 0.05) is 22.3 Å². The van der Waals surface area contributed by atoms with Crippen molar-refractivity contribution in [1.82, 2.24) is 4.90 Å². The number of hydrogen-bond donors (Lipinski definition) is 1. The summed E-state index contributed by atoms with van der Waals surface area (Å²) in [7, 11) is 0. The zero-order chi connectivity index (χ0) is 19.0. The number of thiophene rings is 1. The van der Waals surface area contributed by atoms with Crippen LogP contribution in [-0.4, -0.2) is 29.2 Å². The van der Waals surface area contributed by atoms with E-state index in [-0.39, 0.29) is 18.9 Å². The highest BCUT2D eigenvalue weighted by Crippen LogP contribution is 2.32. The number of halogens is 1. The molecule has 0 spiro atoms. The van der Waals surface area contributed by atoms with E-state index in [9.17, 15) is 19.6 Å². The summed E-state index contributed by atoms with van der Waals surface area (Å²) in [6.45, 7) is 3.70. The molecule has 6 nitrogen and oxygen atoms in total. The molecule has 26 heavy (non-hydrogen) atoms. The lowest BCUT2D eigenvalue weighted by Crippen LogP contribution is -2.32. The first-order valence-corrected chi connectivity index (χ1v) is 9.40. The fourth-order valence-corrected chi connectivity index (χ4v) is 4.11. The summed E-state index contributed by atoms with van der Waals surface area (Å²) in [4.78, 5) is 39.0. The molecule has 0 saturated heterocycles. The number of carbonyl (C=O) groups is 3. The van der Waals surface area contributed by atoms with Crippen LogP contribution in [-0.2, 0) is 4.79 Å². The van der Waals surface area contributed by atoms with Gasteiger partial charge in [0.2, 0.25) is 5.91 Å². The number of rotatable bonds is 4. The zero-order valence-electron chi connectivity index (χ0n) is 14.1. The Morgan fingerprint density at radius 3 is 2.65 bits per heavy atom. The number of aryl methyl sites for hydroxylation is 1. The monoisotopic (exact) mass is 431 g/mol. The molecule has 1 aromatic heterocycles. The zero-order valence-corrected chi connectivity index (χ0v) is 16.5. The number of fused-ring (bicyclic) bond motifs is 1. The second kappa shape index (κ2) is 7.02. The SMILES string of the molecule is Cc1sc(NC(=O)CCN2C(=O)c3ccc(Br)cc3C2=O)c(C#N)c1C. The molecule has 8 heteroatoms. The van der Waals surface area contributed by atoms with E-state index in [0.29, 0.717) is 26.2 Å². The van der Waals surface area contributed by atoms with Crippen LogP contribution in [0.3, 0.4) is 0 Å². The molecule has 0 saturated carbocycles. The number of benzene rings is 1. The Labute approximate surface area is 162 Å². The molecule has 0 aliphatic carbocycles. The van der Waals surface area contributed by atoms with Gasteiger partial charge in [-0.3, -0.25) is 19.3 Å². The van der Waals surface area contributed by atoms with E-state index in [1.54, 1.807) is 18.2 Å². The molecule has 2 heterocycles. The minimum atomic E-state index is -0.403. The maximum atomic E-state index is 12.4. The standard InChI is InChI=1S/C18H14BrN3O3S/c1-9-10(2)26-16(14(9)8-20)21-15(23)5-6-22-17(24)12-4-3-11(19)7-13(12)18(22)25/h3-4,7H,5-6H2,1-2H3,(H,21,23). The Balaban J connectivity index is 1.68. The van der Waals surface area contributed by atoms with Crippen molar-refractivity contribution < 1.29 is 14.4 Å². The van der Waals surface area contributed by atoms with Crippen LogP contribution in [0.25, 0.3) is 0 Å². The molecular weight excluding hydrogens is 418 g/mol. The minimum absolute atomic E-state index is 0.0129. The molecule has 2 aromatic rings. The maximum Gasteiger partial charge on any atom is 0.261 e. The van der Waals surface area contributed by atoms with E-state index < -0.39 is 11.8 Å². The number of amides is 3. The number of nitrogens with one attached hydrogen (secondary N) is 1. The van der Waals surface area contributed by atoms with Crippen molar-refractivity contribution in [2.75, 3.05) is 11.9 Å². The second-order valence-corrected chi connectivity index (χ2v) is 7.99. The molecule has 0 unspecified atom stereocenters. The van der Waals surface area contributed by atoms with Crippen LogP contribution in [0.2, 0.25) is 0 Å². The Hall–Kier alpha value is -2.50. The van der Waals surface area contributed by atoms with Crippen LogP contribution in [0.4, 0.5) is 5.00 Å². The number of nitrogens with zero attached hydrogens (tertiary/aromatic N) is 2. The number of carbonyl (C=O) groups excluding carboxylic acids is 3. The van der Waals surface area contributed by atoms with E-state index in [1.165, 1.54) is 11.3 Å². The van der Waals surface area contributed by atoms with Gasteiger partial charge in [0.1, 0.15) is 11.1 Å². The summed E-state index contributed by atoms with van der Waals surface area (Å²) in [6.07, 6.45) is -0.0342. The lowest BCUT2D eigenvalue weighted by atomic mass is 10.1. The normalized spacial score (nSPS) is 12.9. The first-order chi connectivity index (χ1) is 12.3. The third kappa shape index (κ3) is 3.16. The summed E-state index contributed by atoms with van der Waals surface area (Å²) in [5.74, 6) is -1.15. The van der Waals surface area contributed by atoms with Crippen molar-refractivity contribution in [3.8, 4) is 6.07 Å². The first-order valence-electron chi connectivity index (χ1n) is 7.79. The molecular formula is C18H14BrN3O3S. The Bertz CT molecular complexity index is 990. The average Bonchev–Trinajstić information content (AvgIpc) is 2.99. The van der Waals surface area contributed by atoms with Crippen molar-refractivity contribution in [2.24, 2.45) is 0 Å². The summed E-state index contributed by atoms with van der Waals surface area (Å²) in [5.41, 5.74) is 1.97. The van der Waals surface area contributed by atoms with Crippen LogP contribution in [0.5, 0.6) is 0 Å². The van der Waals surface area contributed by atoms with Gasteiger partial charge < -0.3 is 5.32 Å². The highest BCUT2D eigenvalue weighted by atomic mass is 79.9. The van der Waals surface area contributed by atoms with E-state index in [1.807, 2.05) is 13.8 Å². The number of hydrogen-bond acceptors (Lipinski definition) is 5. The highest BCUT2D eigenvalue weighted by Gasteiger charge is 2.35. The predicted octanol–water partition coefficient (Wildman–Crippen LogP) is 3.62. The molecule has 1 aromatic carbocycles. The van der Waals surface area contributed by atoms with Gasteiger partial charge in [-0.2, -0.15) is 5.26 Å². The Morgan fingerprint density at radius 1 is 1.27 bits per heavy atom.